The molecule has 1 aromatic carbocycles. The Balaban J connectivity index is 2.34. The summed E-state index contributed by atoms with van der Waals surface area (Å²) in [5.41, 5.74) is 5.32. The van der Waals surface area contributed by atoms with Crippen LogP contribution in [0.4, 0.5) is 4.39 Å². The Bertz CT molecular complexity index is 569. The number of pyridine rings is 1. The van der Waals surface area contributed by atoms with Crippen LogP contribution in [0.1, 0.15) is 29.7 Å². The quantitative estimate of drug-likeness (QED) is 0.657. The number of hydrazine groups is 1. The van der Waals surface area contributed by atoms with Crippen LogP contribution in [-0.4, -0.2) is 4.98 Å². The molecule has 1 heterocycles. The molecule has 0 bridgehead atoms. The van der Waals surface area contributed by atoms with Crippen molar-refractivity contribution in [1.82, 2.24) is 10.4 Å². The highest BCUT2D eigenvalue weighted by Gasteiger charge is 2.17. The number of halogens is 2. The van der Waals surface area contributed by atoms with Crippen LogP contribution in [-0.2, 0) is 12.8 Å². The first-order valence-electron chi connectivity index (χ1n) is 6.49. The van der Waals surface area contributed by atoms with Gasteiger partial charge in [-0.3, -0.25) is 16.3 Å². The molecule has 2 rings (SSSR count). The number of benzene rings is 1. The number of aryl methyl sites for hydroxylation is 1. The van der Waals surface area contributed by atoms with Gasteiger partial charge in [-0.25, -0.2) is 4.39 Å². The predicted octanol–water partition coefficient (Wildman–Crippen LogP) is 3.18. The molecule has 0 radical (unpaired) electrons. The highest BCUT2D eigenvalue weighted by Crippen LogP contribution is 2.27. The zero-order chi connectivity index (χ0) is 14.5. The maximum absolute atomic E-state index is 13.9. The molecule has 3 nitrogen and oxygen atoms in total. The maximum atomic E-state index is 13.9. The molecule has 0 aliphatic carbocycles. The average molecular weight is 294 g/mol. The lowest BCUT2D eigenvalue weighted by molar-refractivity contribution is 0.525. The molecule has 0 spiro atoms. The third kappa shape index (κ3) is 3.15. The summed E-state index contributed by atoms with van der Waals surface area (Å²) in [6, 6.07) is 6.37. The Morgan fingerprint density at radius 1 is 1.40 bits per heavy atom. The van der Waals surface area contributed by atoms with Crippen molar-refractivity contribution in [2.24, 2.45) is 5.84 Å². The second-order valence-electron chi connectivity index (χ2n) is 4.55. The minimum Gasteiger partial charge on any atom is -0.271 e. The van der Waals surface area contributed by atoms with Gasteiger partial charge in [-0.15, -0.1) is 0 Å². The van der Waals surface area contributed by atoms with Gasteiger partial charge in [0, 0.05) is 23.0 Å². The van der Waals surface area contributed by atoms with Gasteiger partial charge in [-0.05, 0) is 42.2 Å². The molecule has 0 saturated heterocycles. The standard InChI is InChI=1S/C15H17ClFN3/c1-2-10-9-19-7-6-11(10)15(20-18)8-12-13(16)4-3-5-14(12)17/h3-7,9,15,20H,2,8,18H2,1H3. The van der Waals surface area contributed by atoms with Gasteiger partial charge < -0.3 is 0 Å². The predicted molar refractivity (Wildman–Crippen MR) is 78.8 cm³/mol. The van der Waals surface area contributed by atoms with Crippen molar-refractivity contribution < 1.29 is 4.39 Å². The average Bonchev–Trinajstić information content (AvgIpc) is 2.47. The number of hydrogen-bond acceptors (Lipinski definition) is 3. The molecule has 0 aliphatic heterocycles. The van der Waals surface area contributed by atoms with E-state index in [9.17, 15) is 4.39 Å². The van der Waals surface area contributed by atoms with E-state index in [1.54, 1.807) is 18.3 Å². The van der Waals surface area contributed by atoms with Crippen molar-refractivity contribution >= 4 is 11.6 Å². The van der Waals surface area contributed by atoms with Crippen molar-refractivity contribution in [1.29, 1.82) is 0 Å². The van der Waals surface area contributed by atoms with Gasteiger partial charge in [0.25, 0.3) is 0 Å². The molecule has 2 aromatic rings. The topological polar surface area (TPSA) is 50.9 Å². The van der Waals surface area contributed by atoms with Crippen LogP contribution >= 0.6 is 11.6 Å². The van der Waals surface area contributed by atoms with Crippen LogP contribution in [0.25, 0.3) is 0 Å². The Morgan fingerprint density at radius 3 is 2.85 bits per heavy atom. The largest absolute Gasteiger partial charge is 0.271 e. The Morgan fingerprint density at radius 2 is 2.20 bits per heavy atom. The van der Waals surface area contributed by atoms with Crippen molar-refractivity contribution in [3.05, 3.63) is 64.2 Å². The van der Waals surface area contributed by atoms with Crippen molar-refractivity contribution in [2.45, 2.75) is 25.8 Å². The molecular weight excluding hydrogens is 277 g/mol. The maximum Gasteiger partial charge on any atom is 0.127 e. The van der Waals surface area contributed by atoms with Crippen LogP contribution < -0.4 is 11.3 Å². The van der Waals surface area contributed by atoms with Gasteiger partial charge in [0.1, 0.15) is 5.82 Å². The van der Waals surface area contributed by atoms with Gasteiger partial charge in [-0.1, -0.05) is 24.6 Å². The van der Waals surface area contributed by atoms with E-state index >= 15 is 0 Å². The number of aromatic nitrogens is 1. The number of nitrogens with one attached hydrogen (secondary N) is 1. The van der Waals surface area contributed by atoms with Crippen molar-refractivity contribution in [3.63, 3.8) is 0 Å². The highest BCUT2D eigenvalue weighted by atomic mass is 35.5. The van der Waals surface area contributed by atoms with Crippen LogP contribution in [0.15, 0.2) is 36.7 Å². The first-order valence-corrected chi connectivity index (χ1v) is 6.87. The molecule has 0 saturated carbocycles. The fourth-order valence-corrected chi connectivity index (χ4v) is 2.50. The summed E-state index contributed by atoms with van der Waals surface area (Å²) in [7, 11) is 0. The Kier molecular flexibility index (Phi) is 5.06. The van der Waals surface area contributed by atoms with Crippen LogP contribution in [0.3, 0.4) is 0 Å². The first kappa shape index (κ1) is 14.9. The molecule has 0 fully saturated rings. The van der Waals surface area contributed by atoms with E-state index in [4.69, 9.17) is 17.4 Å². The molecule has 0 aliphatic rings. The van der Waals surface area contributed by atoms with Crippen LogP contribution in [0.5, 0.6) is 0 Å². The summed E-state index contributed by atoms with van der Waals surface area (Å²) in [4.78, 5) is 4.11. The van der Waals surface area contributed by atoms with E-state index in [2.05, 4.69) is 10.4 Å². The minimum absolute atomic E-state index is 0.206. The van der Waals surface area contributed by atoms with Crippen LogP contribution in [0, 0.1) is 5.82 Å². The molecule has 5 heteroatoms. The summed E-state index contributed by atoms with van der Waals surface area (Å²) in [5.74, 6) is 5.33. The van der Waals surface area contributed by atoms with Gasteiger partial charge in [-0.2, -0.15) is 0 Å². The van der Waals surface area contributed by atoms with Gasteiger partial charge in [0.2, 0.25) is 0 Å². The molecule has 0 amide bonds. The fraction of sp³-hybridized carbons (Fsp3) is 0.267. The summed E-state index contributed by atoms with van der Waals surface area (Å²) in [5, 5.41) is 0.414. The Labute approximate surface area is 122 Å². The second kappa shape index (κ2) is 6.79. The molecule has 1 unspecified atom stereocenters. The lowest BCUT2D eigenvalue weighted by Crippen LogP contribution is -2.30. The normalized spacial score (nSPS) is 12.4. The number of hydrogen-bond donors (Lipinski definition) is 2. The number of nitrogens with two attached hydrogens (primary N) is 1. The smallest absolute Gasteiger partial charge is 0.127 e. The zero-order valence-corrected chi connectivity index (χ0v) is 12.0. The van der Waals surface area contributed by atoms with E-state index in [1.807, 2.05) is 19.2 Å². The zero-order valence-electron chi connectivity index (χ0n) is 11.2. The second-order valence-corrected chi connectivity index (χ2v) is 4.96. The molecular formula is C15H17ClFN3. The molecule has 1 aromatic heterocycles. The van der Waals surface area contributed by atoms with E-state index in [-0.39, 0.29) is 11.9 Å². The van der Waals surface area contributed by atoms with Crippen LogP contribution in [0.2, 0.25) is 5.02 Å². The molecule has 106 valence electrons. The van der Waals surface area contributed by atoms with Crippen molar-refractivity contribution in [2.75, 3.05) is 0 Å². The third-order valence-corrected chi connectivity index (χ3v) is 3.72. The van der Waals surface area contributed by atoms with Gasteiger partial charge in [0.05, 0.1) is 6.04 Å². The molecule has 1 atom stereocenters. The molecule has 20 heavy (non-hydrogen) atoms. The number of nitrogens with zero attached hydrogens (tertiary/aromatic N) is 1. The highest BCUT2D eigenvalue weighted by molar-refractivity contribution is 6.31. The third-order valence-electron chi connectivity index (χ3n) is 3.37. The van der Waals surface area contributed by atoms with E-state index in [1.165, 1.54) is 6.07 Å². The fourth-order valence-electron chi connectivity index (χ4n) is 2.26. The van der Waals surface area contributed by atoms with Crippen molar-refractivity contribution in [3.8, 4) is 0 Å². The summed E-state index contributed by atoms with van der Waals surface area (Å²) in [6.45, 7) is 2.05. The molecule has 3 N–H and O–H groups in total. The SMILES string of the molecule is CCc1cnccc1C(Cc1c(F)cccc1Cl)NN. The van der Waals surface area contributed by atoms with Gasteiger partial charge >= 0.3 is 0 Å². The minimum atomic E-state index is -0.315. The van der Waals surface area contributed by atoms with E-state index in [0.717, 1.165) is 17.5 Å². The lowest BCUT2D eigenvalue weighted by atomic mass is 9.95. The summed E-state index contributed by atoms with van der Waals surface area (Å²) < 4.78 is 13.9. The van der Waals surface area contributed by atoms with E-state index in [0.29, 0.717) is 17.0 Å². The van der Waals surface area contributed by atoms with E-state index < -0.39 is 0 Å². The first-order chi connectivity index (χ1) is 9.67. The van der Waals surface area contributed by atoms with Gasteiger partial charge in [0.15, 0.2) is 0 Å². The lowest BCUT2D eigenvalue weighted by Gasteiger charge is -2.20. The Hall–Kier alpha value is -1.49. The number of rotatable bonds is 5. The monoisotopic (exact) mass is 293 g/mol. The summed E-state index contributed by atoms with van der Waals surface area (Å²) in [6.07, 6.45) is 4.75. The summed E-state index contributed by atoms with van der Waals surface area (Å²) >= 11 is 6.07.